The summed E-state index contributed by atoms with van der Waals surface area (Å²) in [4.78, 5) is 26.0. The number of benzene rings is 1. The molecule has 36 heavy (non-hydrogen) atoms. The van der Waals surface area contributed by atoms with Crippen molar-refractivity contribution in [3.63, 3.8) is 0 Å². The third-order valence-corrected chi connectivity index (χ3v) is 7.49. The zero-order valence-electron chi connectivity index (χ0n) is 21.7. The van der Waals surface area contributed by atoms with E-state index in [0.29, 0.717) is 36.3 Å². The molecule has 7 heteroatoms. The van der Waals surface area contributed by atoms with Gasteiger partial charge in [0.25, 0.3) is 5.91 Å². The molecule has 2 N–H and O–H groups in total. The zero-order valence-corrected chi connectivity index (χ0v) is 22.5. The number of anilines is 1. The number of unbranched alkanes of at least 4 members (excludes halogenated alkanes) is 7. The highest BCUT2D eigenvalue weighted by Gasteiger charge is 2.25. The van der Waals surface area contributed by atoms with Crippen molar-refractivity contribution in [2.24, 2.45) is 0 Å². The number of amides is 2. The summed E-state index contributed by atoms with van der Waals surface area (Å²) in [5, 5.41) is 5.85. The van der Waals surface area contributed by atoms with Crippen molar-refractivity contribution in [2.75, 3.05) is 11.9 Å². The lowest BCUT2D eigenvalue weighted by Gasteiger charge is -2.20. The van der Waals surface area contributed by atoms with Crippen molar-refractivity contribution in [2.45, 2.75) is 116 Å². The van der Waals surface area contributed by atoms with E-state index in [1.807, 2.05) is 0 Å². The van der Waals surface area contributed by atoms with E-state index in [2.05, 4.69) is 17.6 Å². The molecule has 0 bridgehead atoms. The lowest BCUT2D eigenvalue weighted by molar-refractivity contribution is -0.119. The number of hydrogen-bond acceptors (Lipinski definition) is 3. The van der Waals surface area contributed by atoms with Crippen LogP contribution in [0.1, 0.15) is 110 Å². The van der Waals surface area contributed by atoms with Gasteiger partial charge in [0.2, 0.25) is 5.91 Å². The van der Waals surface area contributed by atoms with E-state index in [9.17, 15) is 14.0 Å². The van der Waals surface area contributed by atoms with E-state index >= 15 is 0 Å². The van der Waals surface area contributed by atoms with Crippen molar-refractivity contribution in [3.05, 3.63) is 34.1 Å². The number of hydrogen-bond donors (Lipinski definition) is 2. The Hall–Kier alpha value is -2.08. The molecule has 1 aromatic carbocycles. The van der Waals surface area contributed by atoms with E-state index in [4.69, 9.17) is 16.3 Å². The summed E-state index contributed by atoms with van der Waals surface area (Å²) in [6.45, 7) is 2.83. The number of nitrogens with one attached hydrogen (secondary N) is 2. The maximum Gasteiger partial charge on any atom is 0.252 e. The highest BCUT2D eigenvalue weighted by molar-refractivity contribution is 6.32. The maximum absolute atomic E-state index is 14.6. The van der Waals surface area contributed by atoms with E-state index in [-0.39, 0.29) is 22.7 Å². The molecule has 3 rings (SSSR count). The van der Waals surface area contributed by atoms with Crippen molar-refractivity contribution < 1.29 is 18.7 Å². The fourth-order valence-corrected chi connectivity index (χ4v) is 5.27. The first kappa shape index (κ1) is 28.5. The molecule has 5 nitrogen and oxygen atoms in total. The second-order valence-corrected chi connectivity index (χ2v) is 10.5. The van der Waals surface area contributed by atoms with Gasteiger partial charge in [0, 0.05) is 23.8 Å². The topological polar surface area (TPSA) is 67.4 Å². The quantitative estimate of drug-likeness (QED) is 0.245. The molecule has 0 aromatic heterocycles. The predicted molar refractivity (Wildman–Crippen MR) is 144 cm³/mol. The Morgan fingerprint density at radius 2 is 1.53 bits per heavy atom. The fraction of sp³-hybridized carbons (Fsp3) is 0.655. The van der Waals surface area contributed by atoms with Crippen LogP contribution in [0.4, 0.5) is 10.1 Å². The normalized spacial score (nSPS) is 16.3. The van der Waals surface area contributed by atoms with Gasteiger partial charge in [0.05, 0.1) is 16.8 Å². The van der Waals surface area contributed by atoms with Crippen LogP contribution < -0.4 is 15.4 Å². The van der Waals surface area contributed by atoms with E-state index in [1.165, 1.54) is 50.7 Å². The first-order chi connectivity index (χ1) is 17.5. The van der Waals surface area contributed by atoms with Crippen LogP contribution in [-0.4, -0.2) is 24.5 Å². The van der Waals surface area contributed by atoms with Gasteiger partial charge in [-0.1, -0.05) is 63.5 Å². The number of halogens is 2. The van der Waals surface area contributed by atoms with Gasteiger partial charge in [-0.05, 0) is 63.9 Å². The summed E-state index contributed by atoms with van der Waals surface area (Å²) in [5.74, 6) is -0.852. The van der Waals surface area contributed by atoms with Crippen LogP contribution in [-0.2, 0) is 9.59 Å². The van der Waals surface area contributed by atoms with Gasteiger partial charge < -0.3 is 15.4 Å². The third kappa shape index (κ3) is 8.79. The van der Waals surface area contributed by atoms with Crippen LogP contribution >= 0.6 is 11.6 Å². The van der Waals surface area contributed by atoms with Crippen LogP contribution in [0.5, 0.6) is 5.75 Å². The fourth-order valence-electron chi connectivity index (χ4n) is 5.07. The van der Waals surface area contributed by atoms with Gasteiger partial charge in [-0.15, -0.1) is 0 Å². The van der Waals surface area contributed by atoms with Crippen molar-refractivity contribution >= 4 is 29.1 Å². The van der Waals surface area contributed by atoms with E-state index in [0.717, 1.165) is 51.4 Å². The highest BCUT2D eigenvalue weighted by Crippen LogP contribution is 2.34. The molecule has 2 amide bonds. The molecule has 0 unspecified atom stereocenters. The van der Waals surface area contributed by atoms with Crippen LogP contribution in [0.15, 0.2) is 23.3 Å². The predicted octanol–water partition coefficient (Wildman–Crippen LogP) is 7.87. The summed E-state index contributed by atoms with van der Waals surface area (Å²) in [6.07, 6.45) is 16.6. The molecular weight excluding hydrogens is 479 g/mol. The Kier molecular flexibility index (Phi) is 12.1. The highest BCUT2D eigenvalue weighted by atomic mass is 35.5. The van der Waals surface area contributed by atoms with Gasteiger partial charge in [0.1, 0.15) is 11.6 Å². The summed E-state index contributed by atoms with van der Waals surface area (Å²) in [5.41, 5.74) is 0.992. The van der Waals surface area contributed by atoms with Crippen LogP contribution in [0, 0.1) is 5.82 Å². The van der Waals surface area contributed by atoms with Gasteiger partial charge in [-0.25, -0.2) is 4.39 Å². The number of carbonyl (C=O) groups is 2. The third-order valence-electron chi connectivity index (χ3n) is 7.20. The summed E-state index contributed by atoms with van der Waals surface area (Å²) in [6, 6.07) is 2.63. The Labute approximate surface area is 220 Å². The van der Waals surface area contributed by atoms with Crippen LogP contribution in [0.25, 0.3) is 0 Å². The van der Waals surface area contributed by atoms with Gasteiger partial charge >= 0.3 is 0 Å². The molecule has 1 fully saturated rings. The monoisotopic (exact) mass is 520 g/mol. The smallest absolute Gasteiger partial charge is 0.252 e. The summed E-state index contributed by atoms with van der Waals surface area (Å²) in [7, 11) is 0. The number of rotatable bonds is 14. The zero-order chi connectivity index (χ0) is 25.8. The molecule has 0 aliphatic heterocycles. The van der Waals surface area contributed by atoms with Crippen molar-refractivity contribution in [1.82, 2.24) is 5.32 Å². The van der Waals surface area contributed by atoms with Crippen molar-refractivity contribution in [3.8, 4) is 5.75 Å². The average molecular weight is 521 g/mol. The minimum atomic E-state index is -0.621. The van der Waals surface area contributed by atoms with E-state index < -0.39 is 11.7 Å². The second-order valence-electron chi connectivity index (χ2n) is 10.1. The largest absolute Gasteiger partial charge is 0.489 e. The second kappa shape index (κ2) is 15.2. The molecule has 2 aliphatic rings. The molecule has 2 aliphatic carbocycles. The van der Waals surface area contributed by atoms with Gasteiger partial charge in [-0.2, -0.15) is 0 Å². The lowest BCUT2D eigenvalue weighted by Crippen LogP contribution is -2.30. The molecule has 200 valence electrons. The van der Waals surface area contributed by atoms with E-state index in [1.54, 1.807) is 0 Å². The van der Waals surface area contributed by atoms with Crippen molar-refractivity contribution in [1.29, 1.82) is 0 Å². The Balaban J connectivity index is 1.55. The average Bonchev–Trinajstić information content (AvgIpc) is 3.39. The molecular formula is C29H42ClFN2O3. The first-order valence-electron chi connectivity index (χ1n) is 14.0. The Morgan fingerprint density at radius 3 is 2.19 bits per heavy atom. The molecule has 0 heterocycles. The lowest BCUT2D eigenvalue weighted by atomic mass is 9.90. The Bertz CT molecular complexity index is 912. The Morgan fingerprint density at radius 1 is 0.917 bits per heavy atom. The minimum Gasteiger partial charge on any atom is -0.489 e. The SMILES string of the molecule is CCCCCCCCCCNC(=O)C1=C(C(=O)Nc2cc(OC3CCCC3)c(Cl)cc2F)CCCC1. The molecule has 1 aromatic rings. The summed E-state index contributed by atoms with van der Waals surface area (Å²) < 4.78 is 20.6. The van der Waals surface area contributed by atoms with Gasteiger partial charge in [-0.3, -0.25) is 9.59 Å². The van der Waals surface area contributed by atoms with Gasteiger partial charge in [0.15, 0.2) is 0 Å². The molecule has 0 spiro atoms. The maximum atomic E-state index is 14.6. The van der Waals surface area contributed by atoms with Crippen LogP contribution in [0.2, 0.25) is 5.02 Å². The molecule has 0 radical (unpaired) electrons. The molecule has 0 atom stereocenters. The number of carbonyl (C=O) groups excluding carboxylic acids is 2. The first-order valence-corrected chi connectivity index (χ1v) is 14.3. The number of ether oxygens (including phenoxy) is 1. The van der Waals surface area contributed by atoms with Crippen LogP contribution in [0.3, 0.4) is 0 Å². The standard InChI is InChI=1S/C29H42ClFN2O3/c1-2-3-4-5-6-7-8-13-18-32-28(34)22-16-11-12-17-23(22)29(35)33-26-20-27(24(30)19-25(26)31)36-21-14-9-10-15-21/h19-21H,2-18H2,1H3,(H,32,34)(H,33,35). The summed E-state index contributed by atoms with van der Waals surface area (Å²) >= 11 is 6.20. The molecule has 1 saturated carbocycles. The minimum absolute atomic E-state index is 0.0224. The molecule has 0 saturated heterocycles.